The summed E-state index contributed by atoms with van der Waals surface area (Å²) in [5, 5.41) is 6.46. The summed E-state index contributed by atoms with van der Waals surface area (Å²) in [7, 11) is 0. The molecule has 0 fully saturated rings. The Morgan fingerprint density at radius 1 is 1.06 bits per heavy atom. The van der Waals surface area contributed by atoms with E-state index in [1.165, 1.54) is 0 Å². The average molecular weight is 480 g/mol. The van der Waals surface area contributed by atoms with Crippen molar-refractivity contribution in [2.45, 2.75) is 25.9 Å². The van der Waals surface area contributed by atoms with Gasteiger partial charge in [0, 0.05) is 17.1 Å². The van der Waals surface area contributed by atoms with E-state index in [9.17, 15) is 4.79 Å². The van der Waals surface area contributed by atoms with Gasteiger partial charge in [-0.1, -0.05) is 35.9 Å². The third kappa shape index (κ3) is 5.88. The number of hydrogen-bond donors (Lipinski definition) is 2. The predicted octanol–water partition coefficient (Wildman–Crippen LogP) is 5.74. The number of fused-ring (bicyclic) bond motifs is 1. The summed E-state index contributed by atoms with van der Waals surface area (Å²) in [5.74, 6) is 0.818. The number of aromatic nitrogens is 1. The van der Waals surface area contributed by atoms with Gasteiger partial charge in [0.05, 0.1) is 0 Å². The van der Waals surface area contributed by atoms with Crippen molar-refractivity contribution in [1.29, 1.82) is 0 Å². The number of thiocarbonyl (C=S) groups is 1. The van der Waals surface area contributed by atoms with Crippen molar-refractivity contribution in [3.8, 4) is 5.75 Å². The van der Waals surface area contributed by atoms with Gasteiger partial charge in [0.1, 0.15) is 11.3 Å². The molecule has 3 aromatic carbocycles. The molecule has 0 atom stereocenters. The normalized spacial score (nSPS) is 11.2. The van der Waals surface area contributed by atoms with Gasteiger partial charge in [0.15, 0.2) is 22.2 Å². The maximum atomic E-state index is 12.7. The summed E-state index contributed by atoms with van der Waals surface area (Å²) >= 11 is 11.2. The quantitative estimate of drug-likeness (QED) is 0.343. The van der Waals surface area contributed by atoms with Crippen molar-refractivity contribution in [1.82, 2.24) is 10.3 Å². The molecule has 1 aromatic heterocycles. The molecule has 1 heterocycles. The van der Waals surface area contributed by atoms with Crippen molar-refractivity contribution in [3.63, 3.8) is 0 Å². The van der Waals surface area contributed by atoms with Gasteiger partial charge >= 0.3 is 0 Å². The molecule has 2 N–H and O–H groups in total. The maximum absolute atomic E-state index is 12.7. The zero-order chi connectivity index (χ0) is 23.4. The number of oxazole rings is 1. The Kier molecular flexibility index (Phi) is 6.62. The molecule has 6 nitrogen and oxygen atoms in total. The molecule has 0 aliphatic carbocycles. The van der Waals surface area contributed by atoms with Gasteiger partial charge in [-0.3, -0.25) is 10.1 Å². The van der Waals surface area contributed by atoms with Crippen molar-refractivity contribution >= 4 is 51.6 Å². The van der Waals surface area contributed by atoms with Gasteiger partial charge in [0.25, 0.3) is 5.91 Å². The average Bonchev–Trinajstić information content (AvgIpc) is 3.19. The van der Waals surface area contributed by atoms with Gasteiger partial charge in [-0.05, 0) is 80.2 Å². The number of carbonyl (C=O) groups is 1. The standard InChI is InChI=1S/C25H22ClN3O3S/c1-25(2,32-19-13-9-17(26)10-14-19)23(30)29-24(33)27-18-11-7-16(8-12-18)15-22-28-20-5-3-4-6-21(20)31-22/h3-14H,15H2,1-2H3,(H2,27,29,30,33). The number of anilines is 1. The molecule has 1 amide bonds. The number of nitrogens with zero attached hydrogens (tertiary/aromatic N) is 1. The Hall–Kier alpha value is -3.42. The van der Waals surface area contributed by atoms with Gasteiger partial charge < -0.3 is 14.5 Å². The Balaban J connectivity index is 1.32. The monoisotopic (exact) mass is 479 g/mol. The number of carbonyl (C=O) groups excluding carboxylic acids is 1. The molecule has 0 saturated heterocycles. The number of hydrogen-bond acceptors (Lipinski definition) is 5. The van der Waals surface area contributed by atoms with Crippen LogP contribution >= 0.6 is 23.8 Å². The molecule has 0 aliphatic rings. The van der Waals surface area contributed by atoms with Crippen LogP contribution in [0.3, 0.4) is 0 Å². The molecule has 0 saturated carbocycles. The number of rotatable bonds is 6. The zero-order valence-corrected chi connectivity index (χ0v) is 19.7. The summed E-state index contributed by atoms with van der Waals surface area (Å²) < 4.78 is 11.6. The minimum absolute atomic E-state index is 0.180. The lowest BCUT2D eigenvalue weighted by Crippen LogP contribution is -2.49. The topological polar surface area (TPSA) is 76.4 Å². The zero-order valence-electron chi connectivity index (χ0n) is 18.1. The first-order chi connectivity index (χ1) is 15.8. The van der Waals surface area contributed by atoms with Gasteiger partial charge in [0.2, 0.25) is 0 Å². The Bertz CT molecular complexity index is 1250. The molecule has 0 radical (unpaired) electrons. The molecule has 0 spiro atoms. The molecule has 0 aliphatic heterocycles. The van der Waals surface area contributed by atoms with Crippen molar-refractivity contribution in [2.75, 3.05) is 5.32 Å². The lowest BCUT2D eigenvalue weighted by molar-refractivity contribution is -0.132. The fourth-order valence-corrected chi connectivity index (χ4v) is 3.47. The van der Waals surface area contributed by atoms with Crippen LogP contribution in [-0.2, 0) is 11.2 Å². The first-order valence-corrected chi connectivity index (χ1v) is 11.1. The lowest BCUT2D eigenvalue weighted by atomic mass is 10.1. The molecule has 4 aromatic rings. The van der Waals surface area contributed by atoms with E-state index in [1.807, 2.05) is 48.5 Å². The van der Waals surface area contributed by atoms with E-state index in [2.05, 4.69) is 15.6 Å². The van der Waals surface area contributed by atoms with E-state index < -0.39 is 5.60 Å². The highest BCUT2D eigenvalue weighted by Gasteiger charge is 2.30. The van der Waals surface area contributed by atoms with Crippen molar-refractivity contribution in [2.24, 2.45) is 0 Å². The highest BCUT2D eigenvalue weighted by molar-refractivity contribution is 7.80. The molecular weight excluding hydrogens is 458 g/mol. The van der Waals surface area contributed by atoms with Crippen LogP contribution in [0.25, 0.3) is 11.1 Å². The SMILES string of the molecule is CC(C)(Oc1ccc(Cl)cc1)C(=O)NC(=S)Nc1ccc(Cc2nc3ccccc3o2)cc1. The minimum atomic E-state index is -1.14. The van der Waals surface area contributed by atoms with Crippen LogP contribution in [0.5, 0.6) is 5.75 Å². The minimum Gasteiger partial charge on any atom is -0.478 e. The first-order valence-electron chi connectivity index (χ1n) is 10.3. The lowest BCUT2D eigenvalue weighted by Gasteiger charge is -2.25. The molecular formula is C25H22ClN3O3S. The van der Waals surface area contributed by atoms with E-state index >= 15 is 0 Å². The highest BCUT2D eigenvalue weighted by Crippen LogP contribution is 2.21. The van der Waals surface area contributed by atoms with Gasteiger partial charge in [-0.15, -0.1) is 0 Å². The first kappa shape index (κ1) is 22.8. The smallest absolute Gasteiger partial charge is 0.269 e. The predicted molar refractivity (Wildman–Crippen MR) is 134 cm³/mol. The molecule has 168 valence electrons. The summed E-state index contributed by atoms with van der Waals surface area (Å²) in [6.07, 6.45) is 0.576. The second-order valence-corrected chi connectivity index (χ2v) is 8.77. The number of nitrogens with one attached hydrogen (secondary N) is 2. The van der Waals surface area contributed by atoms with E-state index in [-0.39, 0.29) is 11.0 Å². The van der Waals surface area contributed by atoms with Crippen LogP contribution in [0, 0.1) is 0 Å². The molecule has 0 unspecified atom stereocenters. The number of amides is 1. The summed E-state index contributed by atoms with van der Waals surface area (Å²) in [4.78, 5) is 17.2. The number of ether oxygens (including phenoxy) is 1. The summed E-state index contributed by atoms with van der Waals surface area (Å²) in [6.45, 7) is 3.33. The Morgan fingerprint density at radius 3 is 2.45 bits per heavy atom. The fourth-order valence-electron chi connectivity index (χ4n) is 3.14. The van der Waals surface area contributed by atoms with Crippen LogP contribution in [0.15, 0.2) is 77.2 Å². The fraction of sp³-hybridized carbons (Fsp3) is 0.160. The number of halogens is 1. The number of para-hydroxylation sites is 2. The second-order valence-electron chi connectivity index (χ2n) is 7.92. The van der Waals surface area contributed by atoms with E-state index in [0.29, 0.717) is 23.1 Å². The van der Waals surface area contributed by atoms with Gasteiger partial charge in [-0.2, -0.15) is 0 Å². The molecule has 33 heavy (non-hydrogen) atoms. The third-order valence-corrected chi connectivity index (χ3v) is 5.32. The van der Waals surface area contributed by atoms with Crippen LogP contribution < -0.4 is 15.4 Å². The summed E-state index contributed by atoms with van der Waals surface area (Å²) in [5.41, 5.74) is 2.27. The maximum Gasteiger partial charge on any atom is 0.269 e. The Morgan fingerprint density at radius 2 is 1.76 bits per heavy atom. The second kappa shape index (κ2) is 9.60. The molecule has 8 heteroatoms. The molecule has 4 rings (SSSR count). The van der Waals surface area contributed by atoms with Gasteiger partial charge in [-0.25, -0.2) is 4.98 Å². The number of benzene rings is 3. The Labute approximate surface area is 201 Å². The van der Waals surface area contributed by atoms with Crippen LogP contribution in [0.4, 0.5) is 5.69 Å². The van der Waals surface area contributed by atoms with Crippen molar-refractivity contribution < 1.29 is 13.9 Å². The van der Waals surface area contributed by atoms with Crippen molar-refractivity contribution in [3.05, 3.63) is 89.3 Å². The van der Waals surface area contributed by atoms with Crippen LogP contribution in [0.2, 0.25) is 5.02 Å². The third-order valence-electron chi connectivity index (χ3n) is 4.87. The largest absolute Gasteiger partial charge is 0.478 e. The summed E-state index contributed by atoms with van der Waals surface area (Å²) in [6, 6.07) is 22.2. The van der Waals surface area contributed by atoms with Crippen LogP contribution in [0.1, 0.15) is 25.3 Å². The van der Waals surface area contributed by atoms with E-state index in [1.54, 1.807) is 38.1 Å². The highest BCUT2D eigenvalue weighted by atomic mass is 35.5. The van der Waals surface area contributed by atoms with Crippen LogP contribution in [-0.4, -0.2) is 21.6 Å². The van der Waals surface area contributed by atoms with E-state index in [4.69, 9.17) is 33.0 Å². The molecule has 0 bridgehead atoms. The van der Waals surface area contributed by atoms with E-state index in [0.717, 1.165) is 22.4 Å².